The van der Waals surface area contributed by atoms with Gasteiger partial charge in [0.15, 0.2) is 0 Å². The van der Waals surface area contributed by atoms with Gasteiger partial charge in [-0.3, -0.25) is 0 Å². The minimum atomic E-state index is -0.573. The van der Waals surface area contributed by atoms with E-state index in [0.29, 0.717) is 17.2 Å². The average Bonchev–Trinajstić information content (AvgIpc) is 2.36. The van der Waals surface area contributed by atoms with Gasteiger partial charge in [-0.2, -0.15) is 0 Å². The van der Waals surface area contributed by atoms with Gasteiger partial charge < -0.3 is 19.1 Å². The fraction of sp³-hybridized carbons (Fsp3) is 0.333. The van der Waals surface area contributed by atoms with Gasteiger partial charge in [0.25, 0.3) is 0 Å². The van der Waals surface area contributed by atoms with Gasteiger partial charge in [-0.1, -0.05) is 0 Å². The summed E-state index contributed by atoms with van der Waals surface area (Å²) in [6, 6.07) is 5.18. The summed E-state index contributed by atoms with van der Waals surface area (Å²) in [5, 5.41) is 0. The zero-order chi connectivity index (χ0) is 13.1. The zero-order valence-corrected chi connectivity index (χ0v) is 10.1. The number of cyclic esters (lactones) is 2. The molecule has 96 valence electrons. The van der Waals surface area contributed by atoms with Crippen LogP contribution in [0, 0.1) is 0 Å². The number of esters is 2. The Kier molecular flexibility index (Phi) is 3.36. The number of hydrogen-bond acceptors (Lipinski definition) is 6. The van der Waals surface area contributed by atoms with E-state index in [-0.39, 0.29) is 13.1 Å². The molecule has 1 fully saturated rings. The van der Waals surface area contributed by atoms with E-state index in [0.717, 1.165) is 0 Å². The highest BCUT2D eigenvalue weighted by atomic mass is 16.6. The third kappa shape index (κ3) is 2.37. The quantitative estimate of drug-likeness (QED) is 0.579. The predicted octanol–water partition coefficient (Wildman–Crippen LogP) is 0.594. The second-order valence-electron chi connectivity index (χ2n) is 3.74. The summed E-state index contributed by atoms with van der Waals surface area (Å²) in [5.74, 6) is 0.0442. The SMILES string of the molecule is COc1ccc(OC)c(N2CC(=O)OC(=O)C2)c1. The van der Waals surface area contributed by atoms with E-state index in [4.69, 9.17) is 9.47 Å². The van der Waals surface area contributed by atoms with Crippen LogP contribution in [0.15, 0.2) is 18.2 Å². The number of nitrogens with zero attached hydrogens (tertiary/aromatic N) is 1. The number of morpholine rings is 1. The Balaban J connectivity index is 2.35. The summed E-state index contributed by atoms with van der Waals surface area (Å²) >= 11 is 0. The highest BCUT2D eigenvalue weighted by Gasteiger charge is 2.27. The third-order valence-corrected chi connectivity index (χ3v) is 2.59. The molecular weight excluding hydrogens is 238 g/mol. The minimum absolute atomic E-state index is 0.00919. The summed E-state index contributed by atoms with van der Waals surface area (Å²) < 4.78 is 14.8. The van der Waals surface area contributed by atoms with E-state index in [1.165, 1.54) is 7.11 Å². The first-order valence-electron chi connectivity index (χ1n) is 5.34. The largest absolute Gasteiger partial charge is 0.497 e. The molecule has 0 radical (unpaired) electrons. The minimum Gasteiger partial charge on any atom is -0.497 e. The molecule has 18 heavy (non-hydrogen) atoms. The number of rotatable bonds is 3. The second-order valence-corrected chi connectivity index (χ2v) is 3.74. The molecule has 1 aromatic rings. The molecule has 0 aliphatic carbocycles. The van der Waals surface area contributed by atoms with Gasteiger partial charge in [-0.15, -0.1) is 0 Å². The number of ether oxygens (including phenoxy) is 3. The first-order chi connectivity index (χ1) is 8.63. The lowest BCUT2D eigenvalue weighted by molar-refractivity contribution is -0.160. The maximum absolute atomic E-state index is 11.3. The summed E-state index contributed by atoms with van der Waals surface area (Å²) in [6.45, 7) is 0.0184. The standard InChI is InChI=1S/C12H13NO5/c1-16-8-3-4-10(17-2)9(5-8)13-6-11(14)18-12(15)7-13/h3-5H,6-7H2,1-2H3. The number of anilines is 1. The Labute approximate surface area is 104 Å². The van der Waals surface area contributed by atoms with Crippen molar-refractivity contribution in [1.29, 1.82) is 0 Å². The lowest BCUT2D eigenvalue weighted by Crippen LogP contribution is -2.43. The molecule has 0 bridgehead atoms. The van der Waals surface area contributed by atoms with Gasteiger partial charge in [0.2, 0.25) is 0 Å². The molecule has 0 spiro atoms. The van der Waals surface area contributed by atoms with Crippen molar-refractivity contribution in [2.45, 2.75) is 0 Å². The number of carbonyl (C=O) groups excluding carboxylic acids is 2. The van der Waals surface area contributed by atoms with Crippen molar-refractivity contribution in [1.82, 2.24) is 0 Å². The van der Waals surface area contributed by atoms with Crippen LogP contribution in [-0.4, -0.2) is 39.2 Å². The normalized spacial score (nSPS) is 15.3. The highest BCUT2D eigenvalue weighted by molar-refractivity contribution is 5.95. The molecule has 0 atom stereocenters. The molecule has 6 heteroatoms. The van der Waals surface area contributed by atoms with Crippen molar-refractivity contribution in [3.8, 4) is 11.5 Å². The molecular formula is C12H13NO5. The van der Waals surface area contributed by atoms with Gasteiger partial charge in [0, 0.05) is 6.07 Å². The van der Waals surface area contributed by atoms with E-state index in [2.05, 4.69) is 4.74 Å². The first-order valence-corrected chi connectivity index (χ1v) is 5.34. The smallest absolute Gasteiger partial charge is 0.333 e. The van der Waals surface area contributed by atoms with E-state index in [1.54, 1.807) is 30.2 Å². The van der Waals surface area contributed by atoms with Crippen LogP contribution < -0.4 is 14.4 Å². The maximum Gasteiger partial charge on any atom is 0.333 e. The van der Waals surface area contributed by atoms with E-state index < -0.39 is 11.9 Å². The van der Waals surface area contributed by atoms with Gasteiger partial charge in [-0.25, -0.2) is 9.59 Å². The molecule has 0 saturated carbocycles. The molecule has 0 amide bonds. The van der Waals surface area contributed by atoms with Gasteiger partial charge in [0.1, 0.15) is 24.6 Å². The van der Waals surface area contributed by atoms with Crippen LogP contribution in [0.25, 0.3) is 0 Å². The van der Waals surface area contributed by atoms with Gasteiger partial charge >= 0.3 is 11.9 Å². The average molecular weight is 251 g/mol. The molecule has 6 nitrogen and oxygen atoms in total. The van der Waals surface area contributed by atoms with Crippen LogP contribution in [0.3, 0.4) is 0 Å². The Morgan fingerprint density at radius 1 is 1.11 bits per heavy atom. The van der Waals surface area contributed by atoms with E-state index in [1.807, 2.05) is 0 Å². The van der Waals surface area contributed by atoms with Gasteiger partial charge in [-0.05, 0) is 12.1 Å². The Morgan fingerprint density at radius 2 is 1.78 bits per heavy atom. The predicted molar refractivity (Wildman–Crippen MR) is 62.9 cm³/mol. The zero-order valence-electron chi connectivity index (χ0n) is 10.1. The Hall–Kier alpha value is -2.24. The number of benzene rings is 1. The van der Waals surface area contributed by atoms with Crippen LogP contribution in [0.1, 0.15) is 0 Å². The van der Waals surface area contributed by atoms with Crippen molar-refractivity contribution < 1.29 is 23.8 Å². The van der Waals surface area contributed by atoms with Crippen molar-refractivity contribution in [2.24, 2.45) is 0 Å². The van der Waals surface area contributed by atoms with E-state index in [9.17, 15) is 9.59 Å². The Bertz CT molecular complexity index is 469. The molecule has 0 unspecified atom stereocenters. The Morgan fingerprint density at radius 3 is 2.33 bits per heavy atom. The van der Waals surface area contributed by atoms with Crippen LogP contribution in [0.2, 0.25) is 0 Å². The summed E-state index contributed by atoms with van der Waals surface area (Å²) in [7, 11) is 3.07. The molecule has 2 rings (SSSR count). The molecule has 1 aromatic carbocycles. The molecule has 0 N–H and O–H groups in total. The summed E-state index contributed by atoms with van der Waals surface area (Å²) in [4.78, 5) is 24.1. The van der Waals surface area contributed by atoms with Crippen LogP contribution in [0.5, 0.6) is 11.5 Å². The molecule has 1 saturated heterocycles. The van der Waals surface area contributed by atoms with Gasteiger partial charge in [0.05, 0.1) is 19.9 Å². The highest BCUT2D eigenvalue weighted by Crippen LogP contribution is 2.32. The fourth-order valence-electron chi connectivity index (χ4n) is 1.77. The number of carbonyl (C=O) groups is 2. The fourth-order valence-corrected chi connectivity index (χ4v) is 1.77. The topological polar surface area (TPSA) is 65.1 Å². The summed E-state index contributed by atoms with van der Waals surface area (Å²) in [5.41, 5.74) is 0.627. The molecule has 1 heterocycles. The van der Waals surface area contributed by atoms with Crippen LogP contribution >= 0.6 is 0 Å². The first kappa shape index (κ1) is 12.2. The lowest BCUT2D eigenvalue weighted by atomic mass is 10.2. The van der Waals surface area contributed by atoms with Crippen molar-refractivity contribution in [3.05, 3.63) is 18.2 Å². The van der Waals surface area contributed by atoms with Crippen molar-refractivity contribution >= 4 is 17.6 Å². The van der Waals surface area contributed by atoms with Crippen molar-refractivity contribution in [2.75, 3.05) is 32.2 Å². The van der Waals surface area contributed by atoms with Crippen LogP contribution in [0.4, 0.5) is 5.69 Å². The molecule has 1 aliphatic heterocycles. The molecule has 1 aliphatic rings. The van der Waals surface area contributed by atoms with Crippen LogP contribution in [-0.2, 0) is 14.3 Å². The van der Waals surface area contributed by atoms with Crippen molar-refractivity contribution in [3.63, 3.8) is 0 Å². The third-order valence-electron chi connectivity index (χ3n) is 2.59. The summed E-state index contributed by atoms with van der Waals surface area (Å²) in [6.07, 6.45) is 0. The monoisotopic (exact) mass is 251 g/mol. The number of methoxy groups -OCH3 is 2. The van der Waals surface area contributed by atoms with E-state index >= 15 is 0 Å². The molecule has 0 aromatic heterocycles. The number of hydrogen-bond donors (Lipinski definition) is 0. The lowest BCUT2D eigenvalue weighted by Gasteiger charge is -2.27. The maximum atomic E-state index is 11.3. The second kappa shape index (κ2) is 4.95.